The summed E-state index contributed by atoms with van der Waals surface area (Å²) in [5, 5.41) is 0.579. The summed E-state index contributed by atoms with van der Waals surface area (Å²) in [6.45, 7) is 6.81. The molecule has 188 valence electrons. The van der Waals surface area contributed by atoms with Gasteiger partial charge in [0.2, 0.25) is 0 Å². The summed E-state index contributed by atoms with van der Waals surface area (Å²) < 4.78 is 9.27. The van der Waals surface area contributed by atoms with Crippen molar-refractivity contribution in [3.8, 4) is 5.75 Å². The zero-order valence-electron chi connectivity index (χ0n) is 20.1. The lowest BCUT2D eigenvalue weighted by atomic mass is 9.94. The third kappa shape index (κ3) is 4.98. The number of methoxy groups -OCH3 is 1. The first-order valence-corrected chi connectivity index (χ1v) is 14.1. The Labute approximate surface area is 234 Å². The lowest BCUT2D eigenvalue weighted by Crippen LogP contribution is -2.43. The van der Waals surface area contributed by atoms with Gasteiger partial charge in [-0.15, -0.1) is 0 Å². The van der Waals surface area contributed by atoms with Gasteiger partial charge in [0.1, 0.15) is 5.75 Å². The number of fused-ring (bicyclic) bond motifs is 1. The number of carbonyl (C=O) groups excluding carboxylic acids is 1. The molecule has 2 aromatic carbocycles. The second kappa shape index (κ2) is 11.0. The molecule has 3 aromatic rings. The fourth-order valence-electron chi connectivity index (χ4n) is 4.28. The smallest absolute Gasteiger partial charge is 0.271 e. The second-order valence-corrected chi connectivity index (χ2v) is 11.3. The van der Waals surface area contributed by atoms with Crippen molar-refractivity contribution < 1.29 is 9.53 Å². The number of ether oxygens (including phenoxy) is 1. The van der Waals surface area contributed by atoms with E-state index in [-0.39, 0.29) is 11.5 Å². The van der Waals surface area contributed by atoms with Crippen LogP contribution in [0, 0.1) is 0 Å². The normalized spacial score (nSPS) is 15.5. The van der Waals surface area contributed by atoms with Crippen molar-refractivity contribution in [1.29, 1.82) is 0 Å². The van der Waals surface area contributed by atoms with Crippen LogP contribution in [-0.4, -0.2) is 35.6 Å². The molecule has 1 amide bonds. The Hall–Kier alpha value is -2.20. The fourth-order valence-corrected chi connectivity index (χ4v) is 6.86. The van der Waals surface area contributed by atoms with Crippen LogP contribution in [0.1, 0.15) is 37.9 Å². The van der Waals surface area contributed by atoms with Crippen LogP contribution in [0.25, 0.3) is 6.08 Å². The molecule has 1 atom stereocenters. The van der Waals surface area contributed by atoms with Crippen LogP contribution < -0.4 is 19.6 Å². The molecule has 1 aliphatic rings. The summed E-state index contributed by atoms with van der Waals surface area (Å²) in [5.74, 6) is 0.486. The molecule has 2 heterocycles. The largest absolute Gasteiger partial charge is 0.495 e. The zero-order chi connectivity index (χ0) is 26.1. The van der Waals surface area contributed by atoms with Crippen LogP contribution in [-0.2, 0) is 4.79 Å². The molecule has 0 saturated carbocycles. The molecular formula is C26H24Br2ClN3O3S. The van der Waals surface area contributed by atoms with Crippen LogP contribution in [0.3, 0.4) is 0 Å². The fraction of sp³-hybridized carbons (Fsp3) is 0.269. The van der Waals surface area contributed by atoms with E-state index in [1.807, 2.05) is 45.0 Å². The van der Waals surface area contributed by atoms with E-state index >= 15 is 0 Å². The van der Waals surface area contributed by atoms with Crippen LogP contribution in [0.2, 0.25) is 5.02 Å². The lowest BCUT2D eigenvalue weighted by molar-refractivity contribution is -0.127. The average molecular weight is 654 g/mol. The number of nitrogens with zero attached hydrogens (tertiary/aromatic N) is 3. The predicted molar refractivity (Wildman–Crippen MR) is 152 cm³/mol. The van der Waals surface area contributed by atoms with Crippen LogP contribution >= 0.6 is 54.8 Å². The molecule has 0 saturated heterocycles. The van der Waals surface area contributed by atoms with Gasteiger partial charge in [0.15, 0.2) is 4.80 Å². The number of hydrogen-bond acceptors (Lipinski definition) is 5. The topological polar surface area (TPSA) is 63.9 Å². The van der Waals surface area contributed by atoms with Crippen molar-refractivity contribution in [3.63, 3.8) is 0 Å². The maximum atomic E-state index is 13.9. The number of carbonyl (C=O) groups is 1. The molecule has 0 aliphatic carbocycles. The SMILES string of the molecule is CCN(CC)C(=O)C1=C(C)N=c2s/c(=C/c3cc(Br)cc(Br)c3OC)c(=O)n2[C@@H]1c1ccc(Cl)cc1. The molecule has 0 fully saturated rings. The van der Waals surface area contributed by atoms with Crippen LogP contribution in [0.5, 0.6) is 5.75 Å². The first-order valence-electron chi connectivity index (χ1n) is 11.3. The van der Waals surface area contributed by atoms with E-state index in [9.17, 15) is 9.59 Å². The monoisotopic (exact) mass is 651 g/mol. The number of aromatic nitrogens is 1. The molecule has 36 heavy (non-hydrogen) atoms. The molecule has 0 N–H and O–H groups in total. The average Bonchev–Trinajstić information content (AvgIpc) is 3.13. The van der Waals surface area contributed by atoms with Gasteiger partial charge in [-0.3, -0.25) is 14.2 Å². The maximum Gasteiger partial charge on any atom is 0.271 e. The highest BCUT2D eigenvalue weighted by Crippen LogP contribution is 2.34. The maximum absolute atomic E-state index is 13.9. The molecule has 0 unspecified atom stereocenters. The van der Waals surface area contributed by atoms with Crippen molar-refractivity contribution >= 4 is 66.8 Å². The van der Waals surface area contributed by atoms with Crippen molar-refractivity contribution in [1.82, 2.24) is 9.47 Å². The zero-order valence-corrected chi connectivity index (χ0v) is 24.9. The first-order chi connectivity index (χ1) is 17.2. The number of likely N-dealkylation sites (N-methyl/N-ethyl adjacent to an activating group) is 1. The van der Waals surface area contributed by atoms with E-state index in [4.69, 9.17) is 21.3 Å². The molecule has 10 heteroatoms. The molecule has 0 bridgehead atoms. The minimum atomic E-state index is -0.620. The predicted octanol–water partition coefficient (Wildman–Crippen LogP) is 5.29. The number of halogens is 3. The molecule has 0 spiro atoms. The van der Waals surface area contributed by atoms with Crippen molar-refractivity contribution in [2.45, 2.75) is 26.8 Å². The number of amides is 1. The van der Waals surface area contributed by atoms with Crippen LogP contribution in [0.15, 0.2) is 66.4 Å². The number of rotatable bonds is 6. The Balaban J connectivity index is 1.99. The summed E-state index contributed by atoms with van der Waals surface area (Å²) in [4.78, 5) is 34.5. The van der Waals surface area contributed by atoms with Crippen molar-refractivity contribution in [2.24, 2.45) is 4.99 Å². The van der Waals surface area contributed by atoms with Gasteiger partial charge < -0.3 is 9.64 Å². The van der Waals surface area contributed by atoms with Gasteiger partial charge in [0, 0.05) is 28.1 Å². The highest BCUT2D eigenvalue weighted by atomic mass is 79.9. The number of benzene rings is 2. The van der Waals surface area contributed by atoms with Gasteiger partial charge >= 0.3 is 0 Å². The second-order valence-electron chi connectivity index (χ2n) is 8.12. The Morgan fingerprint density at radius 1 is 1.22 bits per heavy atom. The minimum Gasteiger partial charge on any atom is -0.495 e. The Morgan fingerprint density at radius 2 is 1.89 bits per heavy atom. The van der Waals surface area contributed by atoms with Gasteiger partial charge in [-0.05, 0) is 72.6 Å². The van der Waals surface area contributed by atoms with Gasteiger partial charge in [0.25, 0.3) is 11.5 Å². The van der Waals surface area contributed by atoms with E-state index in [0.717, 1.165) is 20.1 Å². The summed E-state index contributed by atoms with van der Waals surface area (Å²) in [6.07, 6.45) is 1.79. The molecule has 6 nitrogen and oxygen atoms in total. The Kier molecular flexibility index (Phi) is 8.24. The summed E-state index contributed by atoms with van der Waals surface area (Å²) in [7, 11) is 1.59. The van der Waals surface area contributed by atoms with Crippen molar-refractivity contribution in [2.75, 3.05) is 20.2 Å². The Bertz CT molecular complexity index is 1540. The van der Waals surface area contributed by atoms with E-state index in [1.165, 1.54) is 11.3 Å². The van der Waals surface area contributed by atoms with Gasteiger partial charge in [-0.25, -0.2) is 4.99 Å². The lowest BCUT2D eigenvalue weighted by Gasteiger charge is -2.29. The number of thiazole rings is 1. The number of allylic oxidation sites excluding steroid dienone is 1. The third-order valence-electron chi connectivity index (χ3n) is 6.02. The molecule has 1 aliphatic heterocycles. The minimum absolute atomic E-state index is 0.131. The first kappa shape index (κ1) is 26.9. The van der Waals surface area contributed by atoms with Crippen molar-refractivity contribution in [3.05, 3.63) is 92.5 Å². The summed E-state index contributed by atoms with van der Waals surface area (Å²) in [6, 6.07) is 10.4. The molecular weight excluding hydrogens is 630 g/mol. The van der Waals surface area contributed by atoms with Gasteiger partial charge in [-0.1, -0.05) is 51.0 Å². The standard InChI is InChI=1S/C26H24Br2ClN3O3S/c1-5-31(6-2)25(34)21-14(3)30-26-32(22(21)15-7-9-18(29)10-8-15)24(33)20(36-26)12-16-11-17(27)13-19(28)23(16)35-4/h7-13,22H,5-6H2,1-4H3/b20-12+/t22-/m1/s1. The van der Waals surface area contributed by atoms with Gasteiger partial charge in [-0.2, -0.15) is 0 Å². The van der Waals surface area contributed by atoms with Gasteiger partial charge in [0.05, 0.1) is 33.4 Å². The Morgan fingerprint density at radius 3 is 2.50 bits per heavy atom. The highest BCUT2D eigenvalue weighted by molar-refractivity contribution is 9.11. The summed E-state index contributed by atoms with van der Waals surface area (Å²) in [5.41, 5.74) is 2.39. The quantitative estimate of drug-likeness (QED) is 0.364. The van der Waals surface area contributed by atoms with E-state index in [1.54, 1.807) is 34.8 Å². The van der Waals surface area contributed by atoms with E-state index in [0.29, 0.717) is 44.5 Å². The van der Waals surface area contributed by atoms with E-state index < -0.39 is 6.04 Å². The van der Waals surface area contributed by atoms with Crippen LogP contribution in [0.4, 0.5) is 0 Å². The third-order valence-corrected chi connectivity index (χ3v) is 8.30. The molecule has 1 aromatic heterocycles. The summed E-state index contributed by atoms with van der Waals surface area (Å²) >= 11 is 14.5. The van der Waals surface area contributed by atoms with E-state index in [2.05, 4.69) is 31.9 Å². The number of hydrogen-bond donors (Lipinski definition) is 0. The molecule has 4 rings (SSSR count). The highest BCUT2D eigenvalue weighted by Gasteiger charge is 2.34. The molecule has 0 radical (unpaired) electrons.